The second kappa shape index (κ2) is 8.89. The zero-order chi connectivity index (χ0) is 20.2. The molecule has 4 rings (SSSR count). The van der Waals surface area contributed by atoms with Crippen LogP contribution in [-0.4, -0.2) is 61.0 Å². The molecule has 0 unspecified atom stereocenters. The Bertz CT molecular complexity index is 1010. The van der Waals surface area contributed by atoms with E-state index in [1.807, 2.05) is 31.2 Å². The third-order valence-corrected chi connectivity index (χ3v) is 6.17. The molecule has 2 aromatic heterocycles. The topological polar surface area (TPSA) is 74.6 Å². The van der Waals surface area contributed by atoms with Crippen molar-refractivity contribution in [1.29, 1.82) is 0 Å². The monoisotopic (exact) mass is 417 g/mol. The molecule has 154 valence electrons. The summed E-state index contributed by atoms with van der Waals surface area (Å²) in [7, 11) is 1.66. The number of quaternary nitrogens is 2. The average Bonchev–Trinajstić information content (AvgIpc) is 3.12. The zero-order valence-corrected chi connectivity index (χ0v) is 17.6. The van der Waals surface area contributed by atoms with E-state index in [2.05, 4.69) is 10.1 Å². The van der Waals surface area contributed by atoms with Gasteiger partial charge < -0.3 is 19.3 Å². The molecule has 0 spiro atoms. The lowest BCUT2D eigenvalue weighted by Crippen LogP contribution is -3.27. The predicted octanol–water partition coefficient (Wildman–Crippen LogP) is -1.17. The number of piperazine rings is 1. The molecule has 9 heteroatoms. The number of aromatic nitrogens is 3. The van der Waals surface area contributed by atoms with Gasteiger partial charge in [0.1, 0.15) is 57.4 Å². The van der Waals surface area contributed by atoms with Crippen molar-refractivity contribution in [3.8, 4) is 11.5 Å². The van der Waals surface area contributed by atoms with E-state index in [0.717, 1.165) is 61.5 Å². The van der Waals surface area contributed by atoms with Crippen LogP contribution >= 0.6 is 11.3 Å². The van der Waals surface area contributed by atoms with Crippen molar-refractivity contribution < 1.29 is 19.3 Å². The van der Waals surface area contributed by atoms with Crippen LogP contribution < -0.4 is 24.8 Å². The lowest BCUT2D eigenvalue weighted by atomic mass is 10.3. The van der Waals surface area contributed by atoms with Gasteiger partial charge in [0, 0.05) is 11.8 Å². The van der Waals surface area contributed by atoms with Crippen LogP contribution in [0.25, 0.3) is 4.96 Å². The van der Waals surface area contributed by atoms with Gasteiger partial charge in [0.15, 0.2) is 5.01 Å². The van der Waals surface area contributed by atoms with Gasteiger partial charge in [-0.15, -0.1) is 0 Å². The normalized spacial score (nSPS) is 19.4. The summed E-state index contributed by atoms with van der Waals surface area (Å²) in [6.45, 7) is 8.81. The maximum absolute atomic E-state index is 12.0. The number of hydrogen-bond donors (Lipinski definition) is 2. The minimum Gasteiger partial charge on any atom is -0.497 e. The summed E-state index contributed by atoms with van der Waals surface area (Å²) in [5.74, 6) is 1.72. The van der Waals surface area contributed by atoms with Crippen molar-refractivity contribution in [3.05, 3.63) is 51.4 Å². The highest BCUT2D eigenvalue weighted by atomic mass is 32.1. The summed E-state index contributed by atoms with van der Waals surface area (Å²) < 4.78 is 12.4. The van der Waals surface area contributed by atoms with Crippen LogP contribution in [0.15, 0.2) is 35.1 Å². The standard InChI is InChI=1S/C20H25N5O3S/c1-15-13-19(26)25-20(21-15)29-18(22-25)14-24-9-7-23(8-10-24)11-12-28-17-5-3-16(27-2)4-6-17/h3-6,13H,7-12,14H2,1-2H3/p+2. The number of nitrogens with zero attached hydrogens (tertiary/aromatic N) is 3. The number of hydrogen-bond acceptors (Lipinski definition) is 6. The van der Waals surface area contributed by atoms with E-state index in [1.54, 1.807) is 12.0 Å². The quantitative estimate of drug-likeness (QED) is 0.507. The van der Waals surface area contributed by atoms with E-state index >= 15 is 0 Å². The van der Waals surface area contributed by atoms with Crippen LogP contribution in [0.1, 0.15) is 10.7 Å². The van der Waals surface area contributed by atoms with Gasteiger partial charge in [-0.25, -0.2) is 4.98 Å². The summed E-state index contributed by atoms with van der Waals surface area (Å²) in [4.78, 5) is 20.2. The smallest absolute Gasteiger partial charge is 0.275 e. The first-order valence-corrected chi connectivity index (χ1v) is 10.7. The Hall–Kier alpha value is -2.49. The molecule has 3 heterocycles. The van der Waals surface area contributed by atoms with E-state index in [9.17, 15) is 4.79 Å². The fourth-order valence-corrected chi connectivity index (χ4v) is 4.63. The Morgan fingerprint density at radius 3 is 2.52 bits per heavy atom. The molecule has 0 saturated carbocycles. The zero-order valence-electron chi connectivity index (χ0n) is 16.8. The number of aryl methyl sites for hydroxylation is 1. The van der Waals surface area contributed by atoms with E-state index in [1.165, 1.54) is 26.8 Å². The third kappa shape index (κ3) is 4.92. The summed E-state index contributed by atoms with van der Waals surface area (Å²) in [5, 5.41) is 5.44. The van der Waals surface area contributed by atoms with Gasteiger partial charge in [0.2, 0.25) is 4.96 Å². The molecule has 29 heavy (non-hydrogen) atoms. The predicted molar refractivity (Wildman–Crippen MR) is 110 cm³/mol. The molecular formula is C20H27N5O3S+2. The van der Waals surface area contributed by atoms with Gasteiger partial charge in [0.25, 0.3) is 5.56 Å². The van der Waals surface area contributed by atoms with Crippen molar-refractivity contribution in [3.63, 3.8) is 0 Å². The van der Waals surface area contributed by atoms with Gasteiger partial charge >= 0.3 is 0 Å². The van der Waals surface area contributed by atoms with Crippen molar-refractivity contribution in [2.75, 3.05) is 46.4 Å². The van der Waals surface area contributed by atoms with Crippen LogP contribution in [0.2, 0.25) is 0 Å². The maximum Gasteiger partial charge on any atom is 0.275 e. The number of ether oxygens (including phenoxy) is 2. The molecule has 1 aromatic carbocycles. The van der Waals surface area contributed by atoms with E-state index in [-0.39, 0.29) is 5.56 Å². The minimum atomic E-state index is -0.101. The molecule has 1 saturated heterocycles. The molecule has 0 bridgehead atoms. The van der Waals surface area contributed by atoms with Crippen LogP contribution in [0.4, 0.5) is 0 Å². The molecule has 0 atom stereocenters. The first-order valence-electron chi connectivity index (χ1n) is 9.91. The second-order valence-electron chi connectivity index (χ2n) is 7.38. The Balaban J connectivity index is 1.23. The molecule has 1 aliphatic rings. The van der Waals surface area contributed by atoms with Crippen LogP contribution in [0.3, 0.4) is 0 Å². The first kappa shape index (κ1) is 19.8. The Labute approximate surface area is 173 Å². The van der Waals surface area contributed by atoms with Crippen molar-refractivity contribution in [2.45, 2.75) is 13.5 Å². The fourth-order valence-electron chi connectivity index (χ4n) is 3.61. The summed E-state index contributed by atoms with van der Waals surface area (Å²) >= 11 is 1.52. The highest BCUT2D eigenvalue weighted by Gasteiger charge is 2.24. The molecule has 3 aromatic rings. The summed E-state index contributed by atoms with van der Waals surface area (Å²) in [6.07, 6.45) is 0. The average molecular weight is 418 g/mol. The SMILES string of the molecule is COc1ccc(OCC[NH+]2CC[NH+](Cc3nn4c(=O)cc(C)nc4s3)CC2)cc1. The minimum absolute atomic E-state index is 0.101. The van der Waals surface area contributed by atoms with Gasteiger partial charge in [-0.1, -0.05) is 11.3 Å². The molecule has 0 aliphatic carbocycles. The van der Waals surface area contributed by atoms with Crippen LogP contribution in [0.5, 0.6) is 11.5 Å². The van der Waals surface area contributed by atoms with Crippen LogP contribution in [0, 0.1) is 6.92 Å². The Kier molecular flexibility index (Phi) is 6.08. The second-order valence-corrected chi connectivity index (χ2v) is 8.42. The maximum atomic E-state index is 12.0. The molecular weight excluding hydrogens is 390 g/mol. The van der Waals surface area contributed by atoms with Gasteiger partial charge in [-0.3, -0.25) is 4.79 Å². The highest BCUT2D eigenvalue weighted by molar-refractivity contribution is 7.16. The lowest BCUT2D eigenvalue weighted by Gasteiger charge is -2.29. The number of benzene rings is 1. The number of fused-ring (bicyclic) bond motifs is 1. The van der Waals surface area contributed by atoms with Gasteiger partial charge in [-0.05, 0) is 31.2 Å². The third-order valence-electron chi connectivity index (χ3n) is 5.26. The molecule has 1 aliphatic heterocycles. The first-order chi connectivity index (χ1) is 14.1. The Morgan fingerprint density at radius 2 is 1.79 bits per heavy atom. The molecule has 0 radical (unpaired) electrons. The lowest BCUT2D eigenvalue weighted by molar-refractivity contribution is -1.02. The van der Waals surface area contributed by atoms with E-state index in [4.69, 9.17) is 9.47 Å². The summed E-state index contributed by atoms with van der Waals surface area (Å²) in [6, 6.07) is 9.24. The van der Waals surface area contributed by atoms with Crippen molar-refractivity contribution >= 4 is 16.3 Å². The van der Waals surface area contributed by atoms with Crippen LogP contribution in [-0.2, 0) is 6.54 Å². The number of methoxy groups -OCH3 is 1. The molecule has 8 nitrogen and oxygen atoms in total. The molecule has 0 amide bonds. The Morgan fingerprint density at radius 1 is 1.10 bits per heavy atom. The molecule has 2 N–H and O–H groups in total. The van der Waals surface area contributed by atoms with Gasteiger partial charge in [0.05, 0.1) is 7.11 Å². The van der Waals surface area contributed by atoms with Crippen molar-refractivity contribution in [1.82, 2.24) is 14.6 Å². The fraction of sp³-hybridized carbons (Fsp3) is 0.450. The number of rotatable bonds is 7. The van der Waals surface area contributed by atoms with E-state index in [0.29, 0.717) is 11.6 Å². The summed E-state index contributed by atoms with van der Waals surface area (Å²) in [5.41, 5.74) is 0.641. The van der Waals surface area contributed by atoms with E-state index < -0.39 is 0 Å². The molecule has 1 fully saturated rings. The van der Waals surface area contributed by atoms with Gasteiger partial charge in [-0.2, -0.15) is 9.61 Å². The van der Waals surface area contributed by atoms with Crippen molar-refractivity contribution in [2.24, 2.45) is 0 Å². The highest BCUT2D eigenvalue weighted by Crippen LogP contribution is 2.16. The largest absolute Gasteiger partial charge is 0.497 e. The number of nitrogens with one attached hydrogen (secondary N) is 2.